The predicted octanol–water partition coefficient (Wildman–Crippen LogP) is 4.74. The number of fused-ring (bicyclic) bond motifs is 4. The molecule has 1 aromatic heterocycles. The number of hydrogen-bond donors (Lipinski definition) is 1. The molecule has 3 aromatic rings. The van der Waals surface area contributed by atoms with E-state index >= 15 is 0 Å². The highest BCUT2D eigenvalue weighted by Gasteiger charge is 2.59. The van der Waals surface area contributed by atoms with Crippen molar-refractivity contribution in [2.75, 3.05) is 5.32 Å². The molecule has 0 spiro atoms. The molecule has 6 nitrogen and oxygen atoms in total. The number of nitrogens with zero attached hydrogens (tertiary/aromatic N) is 1. The van der Waals surface area contributed by atoms with Crippen LogP contribution < -0.4 is 14.8 Å². The molecule has 1 aliphatic carbocycles. The summed E-state index contributed by atoms with van der Waals surface area (Å²) in [6.07, 6.45) is 3.76. The molecule has 6 rings (SSSR count). The molecule has 1 amide bonds. The molecule has 0 saturated heterocycles. The van der Waals surface area contributed by atoms with Gasteiger partial charge in [0.05, 0.1) is 0 Å². The van der Waals surface area contributed by atoms with Crippen LogP contribution in [0.2, 0.25) is 0 Å². The number of pyridine rings is 1. The van der Waals surface area contributed by atoms with Crippen molar-refractivity contribution in [1.29, 1.82) is 0 Å². The van der Waals surface area contributed by atoms with Gasteiger partial charge in [-0.05, 0) is 43.2 Å². The lowest BCUT2D eigenvalue weighted by Crippen LogP contribution is -2.20. The summed E-state index contributed by atoms with van der Waals surface area (Å²) in [5, 5.41) is 2.80. The van der Waals surface area contributed by atoms with Gasteiger partial charge in [0, 0.05) is 48.4 Å². The molecule has 1 fully saturated rings. The molecule has 0 bridgehead atoms. The maximum absolute atomic E-state index is 12.6. The van der Waals surface area contributed by atoms with Crippen LogP contribution >= 0.6 is 0 Å². The van der Waals surface area contributed by atoms with Gasteiger partial charge in [-0.3, -0.25) is 9.59 Å². The lowest BCUT2D eigenvalue weighted by atomic mass is 10.0. The standard InChI is InChI=1S/C27H24N2O4/c1-15-2-4-16(5-3-15)12-17(30)13-21-25-20-14-18(6-8-22(20)33-26(21)25)32-23-10-11-28-27-19(23)7-9-24(31)29-27/h2-6,8,10-11,14,21,25-26H,7,9,12-13H2,1H3,(H,28,29,31)/t21-,25-,26+/m0/s1. The summed E-state index contributed by atoms with van der Waals surface area (Å²) in [6, 6.07) is 15.8. The van der Waals surface area contributed by atoms with E-state index in [1.807, 2.05) is 55.5 Å². The predicted molar refractivity (Wildman–Crippen MR) is 123 cm³/mol. The Morgan fingerprint density at radius 1 is 1.15 bits per heavy atom. The fourth-order valence-corrected chi connectivity index (χ4v) is 5.01. The van der Waals surface area contributed by atoms with Crippen LogP contribution in [-0.4, -0.2) is 22.8 Å². The van der Waals surface area contributed by atoms with Crippen LogP contribution in [0.15, 0.2) is 54.7 Å². The molecule has 3 heterocycles. The van der Waals surface area contributed by atoms with Crippen LogP contribution in [0.1, 0.15) is 41.0 Å². The zero-order valence-electron chi connectivity index (χ0n) is 18.3. The third-order valence-corrected chi connectivity index (χ3v) is 6.79. The van der Waals surface area contributed by atoms with E-state index in [0.29, 0.717) is 37.3 Å². The number of nitrogens with one attached hydrogen (secondary N) is 1. The number of benzene rings is 2. The summed E-state index contributed by atoms with van der Waals surface area (Å²) < 4.78 is 12.3. The first kappa shape index (κ1) is 20.0. The molecular formula is C27H24N2O4. The molecule has 0 unspecified atom stereocenters. The van der Waals surface area contributed by atoms with Crippen molar-refractivity contribution in [2.24, 2.45) is 5.92 Å². The van der Waals surface area contributed by atoms with Crippen molar-refractivity contribution < 1.29 is 19.1 Å². The van der Waals surface area contributed by atoms with Crippen molar-refractivity contribution in [2.45, 2.75) is 44.6 Å². The first-order valence-corrected chi connectivity index (χ1v) is 11.4. The fourth-order valence-electron chi connectivity index (χ4n) is 5.01. The Labute approximate surface area is 191 Å². The van der Waals surface area contributed by atoms with Crippen LogP contribution in [0.25, 0.3) is 0 Å². The number of ketones is 1. The molecule has 0 radical (unpaired) electrons. The first-order valence-electron chi connectivity index (χ1n) is 11.4. The number of carbonyl (C=O) groups is 2. The Bertz CT molecular complexity index is 1270. The van der Waals surface area contributed by atoms with E-state index < -0.39 is 0 Å². The number of amides is 1. The number of carbonyl (C=O) groups excluding carboxylic acids is 2. The molecule has 1 saturated carbocycles. The number of Topliss-reactive ketones (excluding diaryl/α,β-unsaturated/α-hetero) is 1. The quantitative estimate of drug-likeness (QED) is 0.599. The minimum atomic E-state index is -0.0235. The molecule has 33 heavy (non-hydrogen) atoms. The van der Waals surface area contributed by atoms with Gasteiger partial charge in [-0.25, -0.2) is 4.98 Å². The maximum Gasteiger partial charge on any atom is 0.225 e. The van der Waals surface area contributed by atoms with E-state index in [9.17, 15) is 9.59 Å². The number of aromatic nitrogens is 1. The van der Waals surface area contributed by atoms with E-state index in [4.69, 9.17) is 9.47 Å². The minimum absolute atomic E-state index is 0.0235. The van der Waals surface area contributed by atoms with E-state index in [0.717, 1.165) is 28.2 Å². The van der Waals surface area contributed by atoms with Gasteiger partial charge in [-0.15, -0.1) is 0 Å². The molecule has 166 valence electrons. The maximum atomic E-state index is 12.6. The second-order valence-electron chi connectivity index (χ2n) is 9.16. The summed E-state index contributed by atoms with van der Waals surface area (Å²) in [5.74, 6) is 3.58. The second kappa shape index (κ2) is 7.73. The Balaban J connectivity index is 1.15. The van der Waals surface area contributed by atoms with Crippen LogP contribution in [0.5, 0.6) is 17.2 Å². The number of ether oxygens (including phenoxy) is 2. The Kier molecular flexibility index (Phi) is 4.68. The highest BCUT2D eigenvalue weighted by atomic mass is 16.5. The Morgan fingerprint density at radius 3 is 2.85 bits per heavy atom. The van der Waals surface area contributed by atoms with Gasteiger partial charge in [0.15, 0.2) is 0 Å². The van der Waals surface area contributed by atoms with Gasteiger partial charge in [0.2, 0.25) is 5.91 Å². The summed E-state index contributed by atoms with van der Waals surface area (Å²) in [4.78, 5) is 28.6. The van der Waals surface area contributed by atoms with Gasteiger partial charge in [-0.2, -0.15) is 0 Å². The highest BCUT2D eigenvalue weighted by molar-refractivity contribution is 5.93. The SMILES string of the molecule is Cc1ccc(CC(=O)C[C@@H]2[C@H]3Oc4ccc(Oc5ccnc6c5CCC(=O)N6)cc4[C@@H]23)cc1. The summed E-state index contributed by atoms with van der Waals surface area (Å²) in [7, 11) is 0. The van der Waals surface area contributed by atoms with Gasteiger partial charge in [0.25, 0.3) is 0 Å². The van der Waals surface area contributed by atoms with E-state index in [2.05, 4.69) is 10.3 Å². The van der Waals surface area contributed by atoms with Crippen LogP contribution in [0.4, 0.5) is 5.82 Å². The zero-order chi connectivity index (χ0) is 22.5. The topological polar surface area (TPSA) is 77.5 Å². The normalized spacial score (nSPS) is 21.8. The fraction of sp³-hybridized carbons (Fsp3) is 0.296. The van der Waals surface area contributed by atoms with Crippen molar-refractivity contribution in [3.63, 3.8) is 0 Å². The lowest BCUT2D eigenvalue weighted by Gasteiger charge is -2.19. The van der Waals surface area contributed by atoms with Crippen molar-refractivity contribution in [3.05, 3.63) is 77.0 Å². The van der Waals surface area contributed by atoms with E-state index in [-0.39, 0.29) is 29.6 Å². The van der Waals surface area contributed by atoms with Crippen molar-refractivity contribution in [1.82, 2.24) is 4.98 Å². The van der Waals surface area contributed by atoms with E-state index in [1.165, 1.54) is 5.56 Å². The number of anilines is 1. The molecule has 3 aliphatic rings. The smallest absolute Gasteiger partial charge is 0.225 e. The van der Waals surface area contributed by atoms with Gasteiger partial charge in [-0.1, -0.05) is 29.8 Å². The molecule has 3 atom stereocenters. The van der Waals surface area contributed by atoms with Crippen molar-refractivity contribution >= 4 is 17.5 Å². The average molecular weight is 440 g/mol. The molecule has 2 aliphatic heterocycles. The number of hydrogen-bond acceptors (Lipinski definition) is 5. The second-order valence-corrected chi connectivity index (χ2v) is 9.16. The monoisotopic (exact) mass is 440 g/mol. The molecule has 1 N–H and O–H groups in total. The third-order valence-electron chi connectivity index (χ3n) is 6.79. The zero-order valence-corrected chi connectivity index (χ0v) is 18.3. The average Bonchev–Trinajstić information content (AvgIpc) is 3.31. The van der Waals surface area contributed by atoms with Crippen LogP contribution in [0.3, 0.4) is 0 Å². The van der Waals surface area contributed by atoms with Gasteiger partial charge >= 0.3 is 0 Å². The Hall–Kier alpha value is -3.67. The molecular weight excluding hydrogens is 416 g/mol. The summed E-state index contributed by atoms with van der Waals surface area (Å²) in [6.45, 7) is 2.05. The number of rotatable bonds is 6. The largest absolute Gasteiger partial charge is 0.489 e. The lowest BCUT2D eigenvalue weighted by molar-refractivity contribution is -0.119. The van der Waals surface area contributed by atoms with Crippen molar-refractivity contribution in [3.8, 4) is 17.2 Å². The van der Waals surface area contributed by atoms with Gasteiger partial charge < -0.3 is 14.8 Å². The Morgan fingerprint density at radius 2 is 2.00 bits per heavy atom. The van der Waals surface area contributed by atoms with Gasteiger partial charge in [0.1, 0.15) is 35.0 Å². The number of aryl methyl sites for hydroxylation is 1. The van der Waals surface area contributed by atoms with E-state index in [1.54, 1.807) is 6.20 Å². The summed E-state index contributed by atoms with van der Waals surface area (Å²) >= 11 is 0. The third kappa shape index (κ3) is 3.75. The summed E-state index contributed by atoms with van der Waals surface area (Å²) in [5.41, 5.74) is 4.29. The van der Waals surface area contributed by atoms with Crippen LogP contribution in [-0.2, 0) is 22.4 Å². The highest BCUT2D eigenvalue weighted by Crippen LogP contribution is 2.60. The minimum Gasteiger partial charge on any atom is -0.489 e. The van der Waals surface area contributed by atoms with Crippen LogP contribution in [0, 0.1) is 12.8 Å². The molecule has 2 aromatic carbocycles. The first-order chi connectivity index (χ1) is 16.0. The molecule has 6 heteroatoms.